The minimum absolute atomic E-state index is 0.107. The zero-order valence-electron chi connectivity index (χ0n) is 12.5. The normalized spacial score (nSPS) is 19.9. The van der Waals surface area contributed by atoms with Crippen molar-refractivity contribution in [3.63, 3.8) is 0 Å². The Morgan fingerprint density at radius 2 is 1.89 bits per heavy atom. The zero-order valence-corrected chi connectivity index (χ0v) is 12.5. The van der Waals surface area contributed by atoms with Crippen molar-refractivity contribution in [3.8, 4) is 0 Å². The molecule has 0 heterocycles. The molecule has 1 fully saturated rings. The van der Waals surface area contributed by atoms with E-state index in [4.69, 9.17) is 0 Å². The number of nitrogens with zero attached hydrogens (tertiary/aromatic N) is 1. The number of halogens is 1. The molecule has 1 N–H and O–H groups in total. The van der Waals surface area contributed by atoms with Crippen LogP contribution in [0.4, 0.5) is 4.39 Å². The molecule has 0 aliphatic heterocycles. The minimum Gasteiger partial charge on any atom is -0.311 e. The molecule has 1 aliphatic carbocycles. The Hall–Kier alpha value is -0.930. The Morgan fingerprint density at radius 3 is 2.37 bits per heavy atom. The highest BCUT2D eigenvalue weighted by Crippen LogP contribution is 2.43. The molecule has 1 atom stereocenters. The van der Waals surface area contributed by atoms with Crippen molar-refractivity contribution in [3.05, 3.63) is 35.1 Å². The van der Waals surface area contributed by atoms with E-state index in [1.807, 2.05) is 20.0 Å². The zero-order chi connectivity index (χ0) is 14.0. The van der Waals surface area contributed by atoms with Crippen LogP contribution in [0.1, 0.15) is 42.9 Å². The molecular formula is C16H25FN2. The molecule has 1 aliphatic rings. The standard InChI is InChI=1S/C16H25FN2/c1-12-7-8-13(11-14(12)17)15(18-2)16(19(3)4)9-5-6-10-16/h7-8,11,15,18H,5-6,9-10H2,1-4H3. The molecule has 106 valence electrons. The third-order valence-corrected chi connectivity index (χ3v) is 4.72. The highest BCUT2D eigenvalue weighted by molar-refractivity contribution is 5.29. The van der Waals surface area contributed by atoms with Crippen LogP contribution < -0.4 is 5.32 Å². The van der Waals surface area contributed by atoms with Crippen LogP contribution in [0.3, 0.4) is 0 Å². The number of rotatable bonds is 4. The summed E-state index contributed by atoms with van der Waals surface area (Å²) in [6.07, 6.45) is 4.84. The van der Waals surface area contributed by atoms with E-state index in [0.717, 1.165) is 5.56 Å². The second kappa shape index (κ2) is 5.59. The lowest BCUT2D eigenvalue weighted by molar-refractivity contribution is 0.108. The number of hydrogen-bond donors (Lipinski definition) is 1. The first-order valence-corrected chi connectivity index (χ1v) is 7.12. The molecule has 1 aromatic carbocycles. The summed E-state index contributed by atoms with van der Waals surface area (Å²) in [6.45, 7) is 1.81. The Morgan fingerprint density at radius 1 is 1.26 bits per heavy atom. The van der Waals surface area contributed by atoms with Crippen LogP contribution in [-0.2, 0) is 0 Å². The maximum atomic E-state index is 13.8. The SMILES string of the molecule is CNC(c1ccc(C)c(F)c1)C1(N(C)C)CCCC1. The number of likely N-dealkylation sites (N-methyl/N-ethyl adjacent to an activating group) is 2. The van der Waals surface area contributed by atoms with Gasteiger partial charge in [0, 0.05) is 5.54 Å². The molecular weight excluding hydrogens is 239 g/mol. The lowest BCUT2D eigenvalue weighted by Crippen LogP contribution is -2.51. The molecule has 1 unspecified atom stereocenters. The van der Waals surface area contributed by atoms with Crippen molar-refractivity contribution in [1.82, 2.24) is 10.2 Å². The van der Waals surface area contributed by atoms with E-state index in [1.165, 1.54) is 25.7 Å². The third-order valence-electron chi connectivity index (χ3n) is 4.72. The van der Waals surface area contributed by atoms with Gasteiger partial charge in [-0.1, -0.05) is 25.0 Å². The lowest BCUT2D eigenvalue weighted by atomic mass is 9.82. The summed E-state index contributed by atoms with van der Waals surface area (Å²) in [5.41, 5.74) is 1.88. The molecule has 1 aromatic rings. The maximum Gasteiger partial charge on any atom is 0.126 e. The summed E-state index contributed by atoms with van der Waals surface area (Å²) in [5.74, 6) is -0.107. The summed E-state index contributed by atoms with van der Waals surface area (Å²) >= 11 is 0. The van der Waals surface area contributed by atoms with Crippen molar-refractivity contribution < 1.29 is 4.39 Å². The van der Waals surface area contributed by atoms with Gasteiger partial charge in [0.05, 0.1) is 6.04 Å². The number of hydrogen-bond acceptors (Lipinski definition) is 2. The molecule has 0 aromatic heterocycles. The largest absolute Gasteiger partial charge is 0.311 e. The van der Waals surface area contributed by atoms with Crippen LogP contribution in [0.15, 0.2) is 18.2 Å². The predicted octanol–water partition coefficient (Wildman–Crippen LogP) is 3.27. The highest BCUT2D eigenvalue weighted by Gasteiger charge is 2.43. The second-order valence-corrected chi connectivity index (χ2v) is 5.94. The van der Waals surface area contributed by atoms with Gasteiger partial charge < -0.3 is 10.2 Å². The molecule has 0 saturated heterocycles. The topological polar surface area (TPSA) is 15.3 Å². The third kappa shape index (κ3) is 2.54. The fourth-order valence-corrected chi connectivity index (χ4v) is 3.52. The van der Waals surface area contributed by atoms with E-state index in [2.05, 4.69) is 30.4 Å². The van der Waals surface area contributed by atoms with Crippen LogP contribution >= 0.6 is 0 Å². The highest BCUT2D eigenvalue weighted by atomic mass is 19.1. The first-order valence-electron chi connectivity index (χ1n) is 7.12. The molecule has 0 radical (unpaired) electrons. The van der Waals surface area contributed by atoms with Gasteiger partial charge in [-0.15, -0.1) is 0 Å². The van der Waals surface area contributed by atoms with E-state index in [0.29, 0.717) is 5.56 Å². The quantitative estimate of drug-likeness (QED) is 0.898. The van der Waals surface area contributed by atoms with Crippen molar-refractivity contribution >= 4 is 0 Å². The monoisotopic (exact) mass is 264 g/mol. The van der Waals surface area contributed by atoms with Gasteiger partial charge in [0.15, 0.2) is 0 Å². The fraction of sp³-hybridized carbons (Fsp3) is 0.625. The van der Waals surface area contributed by atoms with Gasteiger partial charge in [0.25, 0.3) is 0 Å². The molecule has 19 heavy (non-hydrogen) atoms. The Kier molecular flexibility index (Phi) is 4.26. The number of aryl methyl sites for hydroxylation is 1. The van der Waals surface area contributed by atoms with Gasteiger partial charge in [0.1, 0.15) is 5.82 Å². The molecule has 3 heteroatoms. The average molecular weight is 264 g/mol. The summed E-state index contributed by atoms with van der Waals surface area (Å²) in [5, 5.41) is 3.42. The maximum absolute atomic E-state index is 13.8. The predicted molar refractivity (Wildman–Crippen MR) is 77.8 cm³/mol. The Bertz CT molecular complexity index is 436. The number of nitrogens with one attached hydrogen (secondary N) is 1. The van der Waals surface area contributed by atoms with Crippen LogP contribution in [0.2, 0.25) is 0 Å². The van der Waals surface area contributed by atoms with Gasteiger partial charge in [-0.05, 0) is 58.1 Å². The van der Waals surface area contributed by atoms with Crippen LogP contribution in [0, 0.1) is 12.7 Å². The summed E-state index contributed by atoms with van der Waals surface area (Å²) in [4.78, 5) is 2.32. The number of benzene rings is 1. The molecule has 0 bridgehead atoms. The smallest absolute Gasteiger partial charge is 0.126 e. The molecule has 1 saturated carbocycles. The van der Waals surface area contributed by atoms with Crippen molar-refractivity contribution in [2.75, 3.05) is 21.1 Å². The van der Waals surface area contributed by atoms with E-state index in [1.54, 1.807) is 6.07 Å². The Labute approximate surface area is 116 Å². The van der Waals surface area contributed by atoms with Crippen LogP contribution in [0.25, 0.3) is 0 Å². The van der Waals surface area contributed by atoms with E-state index >= 15 is 0 Å². The van der Waals surface area contributed by atoms with Gasteiger partial charge in [0.2, 0.25) is 0 Å². The van der Waals surface area contributed by atoms with E-state index in [9.17, 15) is 4.39 Å². The summed E-state index contributed by atoms with van der Waals surface area (Å²) < 4.78 is 13.8. The molecule has 0 amide bonds. The van der Waals surface area contributed by atoms with E-state index in [-0.39, 0.29) is 17.4 Å². The average Bonchev–Trinajstić information content (AvgIpc) is 2.85. The van der Waals surface area contributed by atoms with Crippen molar-refractivity contribution in [2.24, 2.45) is 0 Å². The Balaban J connectivity index is 2.40. The van der Waals surface area contributed by atoms with Gasteiger partial charge >= 0.3 is 0 Å². The first kappa shape index (κ1) is 14.5. The molecule has 2 nitrogen and oxygen atoms in total. The van der Waals surface area contributed by atoms with E-state index < -0.39 is 0 Å². The summed E-state index contributed by atoms with van der Waals surface area (Å²) in [6, 6.07) is 5.82. The molecule has 0 spiro atoms. The van der Waals surface area contributed by atoms with Crippen LogP contribution in [0.5, 0.6) is 0 Å². The van der Waals surface area contributed by atoms with Gasteiger partial charge in [-0.25, -0.2) is 4.39 Å². The first-order chi connectivity index (χ1) is 9.01. The van der Waals surface area contributed by atoms with Crippen LogP contribution in [-0.4, -0.2) is 31.6 Å². The molecule has 2 rings (SSSR count). The van der Waals surface area contributed by atoms with Gasteiger partial charge in [-0.2, -0.15) is 0 Å². The minimum atomic E-state index is -0.107. The fourth-order valence-electron chi connectivity index (χ4n) is 3.52. The summed E-state index contributed by atoms with van der Waals surface area (Å²) in [7, 11) is 6.26. The van der Waals surface area contributed by atoms with Crippen molar-refractivity contribution in [1.29, 1.82) is 0 Å². The lowest BCUT2D eigenvalue weighted by Gasteiger charge is -2.43. The second-order valence-electron chi connectivity index (χ2n) is 5.94. The van der Waals surface area contributed by atoms with Crippen molar-refractivity contribution in [2.45, 2.75) is 44.2 Å². The van der Waals surface area contributed by atoms with Gasteiger partial charge in [-0.3, -0.25) is 0 Å².